The van der Waals surface area contributed by atoms with E-state index in [1.54, 1.807) is 14.2 Å². The van der Waals surface area contributed by atoms with Gasteiger partial charge in [-0.15, -0.1) is 0 Å². The summed E-state index contributed by atoms with van der Waals surface area (Å²) < 4.78 is 10.7. The zero-order chi connectivity index (χ0) is 14.4. The van der Waals surface area contributed by atoms with Crippen LogP contribution in [-0.4, -0.2) is 20.8 Å². The van der Waals surface area contributed by atoms with Crippen LogP contribution < -0.4 is 14.8 Å². The zero-order valence-corrected chi connectivity index (χ0v) is 13.0. The van der Waals surface area contributed by atoms with Gasteiger partial charge in [0.1, 0.15) is 0 Å². The maximum absolute atomic E-state index is 5.38. The van der Waals surface area contributed by atoms with E-state index in [2.05, 4.69) is 12.2 Å². The van der Waals surface area contributed by atoms with Gasteiger partial charge in [0.2, 0.25) is 0 Å². The lowest BCUT2D eigenvalue weighted by atomic mass is 10.00. The van der Waals surface area contributed by atoms with Crippen molar-refractivity contribution in [2.45, 2.75) is 45.4 Å². The average molecular weight is 277 g/mol. The molecular weight excluding hydrogens is 250 g/mol. The van der Waals surface area contributed by atoms with Crippen molar-refractivity contribution in [1.29, 1.82) is 0 Å². The minimum absolute atomic E-state index is 0.793. The fourth-order valence-corrected chi connectivity index (χ4v) is 2.99. The minimum Gasteiger partial charge on any atom is -0.493 e. The van der Waals surface area contributed by atoms with Crippen molar-refractivity contribution in [1.82, 2.24) is 0 Å². The molecule has 0 aromatic heterocycles. The van der Waals surface area contributed by atoms with Crippen molar-refractivity contribution in [3.8, 4) is 11.5 Å². The first kappa shape index (κ1) is 15.0. The summed E-state index contributed by atoms with van der Waals surface area (Å²) in [5, 5.41) is 3.60. The van der Waals surface area contributed by atoms with E-state index in [1.165, 1.54) is 44.1 Å². The molecule has 1 fully saturated rings. The molecular formula is C17H27NO2. The van der Waals surface area contributed by atoms with Gasteiger partial charge in [-0.1, -0.05) is 25.7 Å². The van der Waals surface area contributed by atoms with Crippen molar-refractivity contribution in [3.05, 3.63) is 17.7 Å². The van der Waals surface area contributed by atoms with Crippen molar-refractivity contribution in [2.24, 2.45) is 5.92 Å². The Morgan fingerprint density at radius 2 is 1.60 bits per heavy atom. The van der Waals surface area contributed by atoms with E-state index in [0.29, 0.717) is 0 Å². The highest BCUT2D eigenvalue weighted by Crippen LogP contribution is 2.33. The molecule has 0 radical (unpaired) electrons. The average Bonchev–Trinajstić information content (AvgIpc) is 2.74. The number of nitrogens with one attached hydrogen (secondary N) is 1. The first-order valence-electron chi connectivity index (χ1n) is 7.71. The molecule has 0 atom stereocenters. The number of rotatable bonds is 5. The van der Waals surface area contributed by atoms with E-state index < -0.39 is 0 Å². The molecule has 3 heteroatoms. The molecule has 0 spiro atoms. The molecule has 1 aromatic carbocycles. The quantitative estimate of drug-likeness (QED) is 0.809. The molecule has 0 amide bonds. The van der Waals surface area contributed by atoms with Crippen LogP contribution in [-0.2, 0) is 0 Å². The lowest BCUT2D eigenvalue weighted by molar-refractivity contribution is 0.355. The lowest BCUT2D eigenvalue weighted by Crippen LogP contribution is -2.14. The van der Waals surface area contributed by atoms with Crippen molar-refractivity contribution < 1.29 is 9.47 Å². The summed E-state index contributed by atoms with van der Waals surface area (Å²) in [6.45, 7) is 3.17. The van der Waals surface area contributed by atoms with E-state index in [9.17, 15) is 0 Å². The largest absolute Gasteiger partial charge is 0.493 e. The van der Waals surface area contributed by atoms with Crippen LogP contribution in [0.4, 0.5) is 5.69 Å². The Labute approximate surface area is 122 Å². The maximum atomic E-state index is 5.38. The molecule has 0 saturated heterocycles. The maximum Gasteiger partial charge on any atom is 0.162 e. The molecule has 1 aliphatic rings. The van der Waals surface area contributed by atoms with Gasteiger partial charge < -0.3 is 14.8 Å². The second kappa shape index (κ2) is 7.41. The molecule has 0 bridgehead atoms. The molecule has 3 nitrogen and oxygen atoms in total. The third-order valence-corrected chi connectivity index (χ3v) is 4.29. The zero-order valence-electron chi connectivity index (χ0n) is 13.0. The van der Waals surface area contributed by atoms with E-state index in [0.717, 1.165) is 29.6 Å². The van der Waals surface area contributed by atoms with E-state index >= 15 is 0 Å². The molecule has 20 heavy (non-hydrogen) atoms. The topological polar surface area (TPSA) is 30.5 Å². The third-order valence-electron chi connectivity index (χ3n) is 4.29. The van der Waals surface area contributed by atoms with Gasteiger partial charge in [-0.05, 0) is 37.3 Å². The summed E-state index contributed by atoms with van der Waals surface area (Å²) in [6, 6.07) is 4.08. The third kappa shape index (κ3) is 3.81. The highest BCUT2D eigenvalue weighted by atomic mass is 16.5. The number of ether oxygens (including phenoxy) is 2. The Balaban J connectivity index is 2.01. The Kier molecular flexibility index (Phi) is 5.57. The molecule has 112 valence electrons. The second-order valence-electron chi connectivity index (χ2n) is 5.76. The molecule has 1 N–H and O–H groups in total. The standard InChI is InChI=1S/C17H27NO2/c1-13-10-16(19-2)17(20-3)11-15(13)18-12-14-8-6-4-5-7-9-14/h10-11,14,18H,4-9,12H2,1-3H3. The van der Waals surface area contributed by atoms with Gasteiger partial charge in [-0.25, -0.2) is 0 Å². The van der Waals surface area contributed by atoms with Gasteiger partial charge in [0.25, 0.3) is 0 Å². The fourth-order valence-electron chi connectivity index (χ4n) is 2.99. The van der Waals surface area contributed by atoms with Crippen molar-refractivity contribution in [3.63, 3.8) is 0 Å². The molecule has 0 unspecified atom stereocenters. The van der Waals surface area contributed by atoms with Crippen LogP contribution in [0.1, 0.15) is 44.1 Å². The number of benzene rings is 1. The Morgan fingerprint density at radius 3 is 2.20 bits per heavy atom. The van der Waals surface area contributed by atoms with Crippen LogP contribution in [0.25, 0.3) is 0 Å². The first-order valence-corrected chi connectivity index (χ1v) is 7.71. The number of hydrogen-bond acceptors (Lipinski definition) is 3. The fraction of sp³-hybridized carbons (Fsp3) is 0.647. The van der Waals surface area contributed by atoms with Crippen LogP contribution in [0, 0.1) is 12.8 Å². The lowest BCUT2D eigenvalue weighted by Gasteiger charge is -2.18. The normalized spacial score (nSPS) is 16.6. The van der Waals surface area contributed by atoms with Crippen molar-refractivity contribution in [2.75, 3.05) is 26.1 Å². The van der Waals surface area contributed by atoms with Gasteiger partial charge in [0.15, 0.2) is 11.5 Å². The number of aryl methyl sites for hydroxylation is 1. The van der Waals surface area contributed by atoms with Crippen LogP contribution in [0.3, 0.4) is 0 Å². The molecule has 0 heterocycles. The predicted octanol–water partition coefficient (Wildman–Crippen LogP) is 4.39. The number of methoxy groups -OCH3 is 2. The van der Waals surface area contributed by atoms with Crippen molar-refractivity contribution >= 4 is 5.69 Å². The molecule has 0 aliphatic heterocycles. The Hall–Kier alpha value is -1.38. The Morgan fingerprint density at radius 1 is 1.00 bits per heavy atom. The highest BCUT2D eigenvalue weighted by Gasteiger charge is 2.13. The van der Waals surface area contributed by atoms with Gasteiger partial charge >= 0.3 is 0 Å². The number of anilines is 1. The van der Waals surface area contributed by atoms with Gasteiger partial charge in [-0.3, -0.25) is 0 Å². The van der Waals surface area contributed by atoms with E-state index in [-0.39, 0.29) is 0 Å². The summed E-state index contributed by atoms with van der Waals surface area (Å²) in [4.78, 5) is 0. The highest BCUT2D eigenvalue weighted by molar-refractivity contribution is 5.60. The summed E-state index contributed by atoms with van der Waals surface area (Å²) in [5.74, 6) is 2.40. The molecule has 1 saturated carbocycles. The SMILES string of the molecule is COc1cc(C)c(NCC2CCCCCC2)cc1OC. The van der Waals surface area contributed by atoms with E-state index in [1.807, 2.05) is 12.1 Å². The summed E-state index contributed by atoms with van der Waals surface area (Å²) in [6.07, 6.45) is 8.31. The van der Waals surface area contributed by atoms with E-state index in [4.69, 9.17) is 9.47 Å². The van der Waals surface area contributed by atoms with Crippen LogP contribution >= 0.6 is 0 Å². The van der Waals surface area contributed by atoms with Gasteiger partial charge in [0.05, 0.1) is 14.2 Å². The van der Waals surface area contributed by atoms with Crippen LogP contribution in [0.15, 0.2) is 12.1 Å². The predicted molar refractivity (Wildman–Crippen MR) is 84.0 cm³/mol. The minimum atomic E-state index is 0.793. The smallest absolute Gasteiger partial charge is 0.162 e. The Bertz CT molecular complexity index is 423. The second-order valence-corrected chi connectivity index (χ2v) is 5.76. The number of hydrogen-bond donors (Lipinski definition) is 1. The monoisotopic (exact) mass is 277 g/mol. The summed E-state index contributed by atoms with van der Waals surface area (Å²) in [5.41, 5.74) is 2.36. The van der Waals surface area contributed by atoms with Gasteiger partial charge in [-0.2, -0.15) is 0 Å². The first-order chi connectivity index (χ1) is 9.74. The van der Waals surface area contributed by atoms with Gasteiger partial charge in [0, 0.05) is 18.3 Å². The molecule has 1 aromatic rings. The summed E-state index contributed by atoms with van der Waals surface area (Å²) >= 11 is 0. The molecule has 1 aliphatic carbocycles. The summed E-state index contributed by atoms with van der Waals surface area (Å²) in [7, 11) is 3.36. The van der Waals surface area contributed by atoms with Crippen LogP contribution in [0.2, 0.25) is 0 Å². The van der Waals surface area contributed by atoms with Crippen LogP contribution in [0.5, 0.6) is 11.5 Å². The molecule has 2 rings (SSSR count).